The molecule has 0 spiro atoms. The molecule has 33 heavy (non-hydrogen) atoms. The van der Waals surface area contributed by atoms with Crippen LogP contribution in [-0.4, -0.2) is 51.1 Å². The Morgan fingerprint density at radius 3 is 2.55 bits per heavy atom. The van der Waals surface area contributed by atoms with Gasteiger partial charge in [0.2, 0.25) is 11.1 Å². The van der Waals surface area contributed by atoms with E-state index in [0.29, 0.717) is 21.8 Å². The summed E-state index contributed by atoms with van der Waals surface area (Å²) in [6, 6.07) is 15.3. The summed E-state index contributed by atoms with van der Waals surface area (Å²) in [5.74, 6) is 1.44. The molecule has 0 radical (unpaired) electrons. The smallest absolute Gasteiger partial charge is 0.238 e. The van der Waals surface area contributed by atoms with Crippen LogP contribution < -0.4 is 10.2 Å². The van der Waals surface area contributed by atoms with Gasteiger partial charge in [-0.05, 0) is 30.5 Å². The van der Waals surface area contributed by atoms with Gasteiger partial charge in [0.15, 0.2) is 5.82 Å². The lowest BCUT2D eigenvalue weighted by Gasteiger charge is -2.35. The number of rotatable bonds is 4. The number of nitrogens with zero attached hydrogens (tertiary/aromatic N) is 4. The van der Waals surface area contributed by atoms with Crippen molar-refractivity contribution in [1.29, 1.82) is 0 Å². The van der Waals surface area contributed by atoms with Crippen molar-refractivity contribution in [2.75, 3.05) is 25.6 Å². The van der Waals surface area contributed by atoms with E-state index in [-0.39, 0.29) is 17.2 Å². The number of halogens is 1. The predicted molar refractivity (Wildman–Crippen MR) is 130 cm³/mol. The van der Waals surface area contributed by atoms with Crippen molar-refractivity contribution < 1.29 is 9.53 Å². The van der Waals surface area contributed by atoms with E-state index in [2.05, 4.69) is 15.6 Å². The average Bonchev–Trinajstić information content (AvgIpc) is 3.07. The Morgan fingerprint density at radius 1 is 1.09 bits per heavy atom. The van der Waals surface area contributed by atoms with Gasteiger partial charge < -0.3 is 15.1 Å². The number of methoxy groups -OCH3 is 1. The first kappa shape index (κ1) is 22.1. The van der Waals surface area contributed by atoms with Gasteiger partial charge in [-0.2, -0.15) is 0 Å². The summed E-state index contributed by atoms with van der Waals surface area (Å²) in [5.41, 5.74) is 5.40. The highest BCUT2D eigenvalue weighted by Crippen LogP contribution is 2.41. The number of aromatic nitrogens is 3. The summed E-state index contributed by atoms with van der Waals surface area (Å²) < 4.78 is 7.22. The first-order valence-corrected chi connectivity index (χ1v) is 12.5. The Labute approximate surface area is 202 Å². The van der Waals surface area contributed by atoms with E-state index in [1.54, 1.807) is 7.11 Å². The molecule has 9 heteroatoms. The normalized spacial score (nSPS) is 20.5. The lowest BCUT2D eigenvalue weighted by molar-refractivity contribution is -0.131. The van der Waals surface area contributed by atoms with Crippen LogP contribution in [0.15, 0.2) is 53.7 Å². The molecule has 3 aromatic rings. The second-order valence-corrected chi connectivity index (χ2v) is 9.80. The lowest BCUT2D eigenvalue weighted by atomic mass is 10.0. The van der Waals surface area contributed by atoms with Crippen molar-refractivity contribution in [3.63, 3.8) is 0 Å². The molecule has 172 valence electrons. The van der Waals surface area contributed by atoms with Crippen molar-refractivity contribution in [3.8, 4) is 17.1 Å². The van der Waals surface area contributed by atoms with E-state index in [4.69, 9.17) is 16.3 Å². The largest absolute Gasteiger partial charge is 0.495 e. The molecule has 1 N–H and O–H groups in total. The second kappa shape index (κ2) is 9.65. The molecule has 1 fully saturated rings. The highest BCUT2D eigenvalue weighted by Gasteiger charge is 2.40. The van der Waals surface area contributed by atoms with Crippen LogP contribution >= 0.6 is 23.4 Å². The van der Waals surface area contributed by atoms with E-state index in [9.17, 15) is 4.79 Å². The highest BCUT2D eigenvalue weighted by atomic mass is 35.5. The number of thioether (sulfide) groups is 1. The predicted octanol–water partition coefficient (Wildman–Crippen LogP) is 4.77. The van der Waals surface area contributed by atoms with Gasteiger partial charge in [0, 0.05) is 18.7 Å². The maximum atomic E-state index is 13.7. The first-order chi connectivity index (χ1) is 16.2. The zero-order valence-corrected chi connectivity index (χ0v) is 20.0. The Kier molecular flexibility index (Phi) is 6.46. The number of hydrogen-bond donors (Lipinski definition) is 1. The van der Waals surface area contributed by atoms with Crippen LogP contribution in [-0.2, 0) is 4.79 Å². The Bertz CT molecular complexity index is 1130. The standard InChI is InChI=1S/C24H26ClN5O2S/c1-32-19-12-11-17(15-18(19)25)20-21(23(31)29-13-7-2-3-8-14-29)33-24-27-26-22(30(24)28-20)16-9-5-4-6-10-16/h4-6,9-12,15,20-21,28H,2-3,7-8,13-14H2,1H3/t20-,21-/m1/s1. The quantitative estimate of drug-likeness (QED) is 0.576. The van der Waals surface area contributed by atoms with Gasteiger partial charge >= 0.3 is 0 Å². The number of likely N-dealkylation sites (tertiary alicyclic amines) is 1. The summed E-state index contributed by atoms with van der Waals surface area (Å²) in [7, 11) is 1.59. The molecular weight excluding hydrogens is 458 g/mol. The van der Waals surface area contributed by atoms with Crippen LogP contribution in [0.3, 0.4) is 0 Å². The van der Waals surface area contributed by atoms with Crippen LogP contribution in [0.4, 0.5) is 0 Å². The molecule has 5 rings (SSSR count). The van der Waals surface area contributed by atoms with Crippen LogP contribution in [0.5, 0.6) is 5.75 Å². The van der Waals surface area contributed by atoms with Gasteiger partial charge in [-0.25, -0.2) is 4.68 Å². The molecule has 2 aliphatic rings. The third-order valence-corrected chi connectivity index (χ3v) is 7.66. The molecule has 0 aliphatic carbocycles. The zero-order valence-electron chi connectivity index (χ0n) is 18.4. The molecule has 0 saturated carbocycles. The number of fused-ring (bicyclic) bond motifs is 1. The van der Waals surface area contributed by atoms with Crippen molar-refractivity contribution >= 4 is 29.3 Å². The number of ether oxygens (including phenoxy) is 1. The number of carbonyl (C=O) groups is 1. The molecular formula is C24H26ClN5O2S. The summed E-state index contributed by atoms with van der Waals surface area (Å²) in [6.45, 7) is 1.60. The van der Waals surface area contributed by atoms with Crippen LogP contribution in [0, 0.1) is 0 Å². The van der Waals surface area contributed by atoms with E-state index >= 15 is 0 Å². The molecule has 2 aliphatic heterocycles. The van der Waals surface area contributed by atoms with Gasteiger partial charge in [-0.3, -0.25) is 4.79 Å². The number of carbonyl (C=O) groups excluding carboxylic acids is 1. The van der Waals surface area contributed by atoms with E-state index in [0.717, 1.165) is 37.1 Å². The Balaban J connectivity index is 1.53. The van der Waals surface area contributed by atoms with Crippen molar-refractivity contribution in [2.45, 2.75) is 42.1 Å². The van der Waals surface area contributed by atoms with Gasteiger partial charge in [-0.1, -0.05) is 72.6 Å². The minimum absolute atomic E-state index is 0.127. The number of hydrogen-bond acceptors (Lipinski definition) is 6. The molecule has 2 atom stereocenters. The summed E-state index contributed by atoms with van der Waals surface area (Å²) in [5, 5.41) is 9.63. The number of nitrogens with one attached hydrogen (secondary N) is 1. The molecule has 7 nitrogen and oxygen atoms in total. The maximum absolute atomic E-state index is 13.7. The molecule has 0 bridgehead atoms. The van der Waals surface area contributed by atoms with Gasteiger partial charge in [0.25, 0.3) is 0 Å². The van der Waals surface area contributed by atoms with Gasteiger partial charge in [-0.15, -0.1) is 10.2 Å². The SMILES string of the molecule is COc1ccc([C@H]2Nn3c(nnc3-c3ccccc3)S[C@H]2C(=O)N2CCCCCC2)cc1Cl. The Morgan fingerprint density at radius 2 is 1.85 bits per heavy atom. The minimum atomic E-state index is -0.382. The summed E-state index contributed by atoms with van der Waals surface area (Å²) in [4.78, 5) is 15.7. The molecule has 1 amide bonds. The van der Waals surface area contributed by atoms with Gasteiger partial charge in [0.05, 0.1) is 18.2 Å². The molecule has 3 heterocycles. The minimum Gasteiger partial charge on any atom is -0.495 e. The fourth-order valence-corrected chi connectivity index (χ4v) is 5.84. The first-order valence-electron chi connectivity index (χ1n) is 11.2. The van der Waals surface area contributed by atoms with Crippen LogP contribution in [0.25, 0.3) is 11.4 Å². The molecule has 2 aromatic carbocycles. The molecule has 1 saturated heterocycles. The van der Waals surface area contributed by atoms with Gasteiger partial charge in [0.1, 0.15) is 11.0 Å². The lowest BCUT2D eigenvalue weighted by Crippen LogP contribution is -2.46. The van der Waals surface area contributed by atoms with Crippen molar-refractivity contribution in [1.82, 2.24) is 19.8 Å². The van der Waals surface area contributed by atoms with E-state index in [1.165, 1.54) is 24.6 Å². The zero-order chi connectivity index (χ0) is 22.8. The van der Waals surface area contributed by atoms with Crippen LogP contribution in [0.1, 0.15) is 37.3 Å². The summed E-state index contributed by atoms with van der Waals surface area (Å²) >= 11 is 7.93. The molecule has 0 unspecified atom stereocenters. The topological polar surface area (TPSA) is 72.3 Å². The average molecular weight is 484 g/mol. The van der Waals surface area contributed by atoms with E-state index in [1.807, 2.05) is 58.1 Å². The monoisotopic (exact) mass is 483 g/mol. The molecule has 1 aromatic heterocycles. The maximum Gasteiger partial charge on any atom is 0.238 e. The Hall–Kier alpha value is -2.71. The summed E-state index contributed by atoms with van der Waals surface area (Å²) in [6.07, 6.45) is 4.44. The second-order valence-electron chi connectivity index (χ2n) is 8.29. The van der Waals surface area contributed by atoms with Crippen LogP contribution in [0.2, 0.25) is 5.02 Å². The fourth-order valence-electron chi connectivity index (χ4n) is 4.41. The third-order valence-electron chi connectivity index (χ3n) is 6.16. The third kappa shape index (κ3) is 4.42. The fraction of sp³-hybridized carbons (Fsp3) is 0.375. The van der Waals surface area contributed by atoms with E-state index < -0.39 is 0 Å². The number of amides is 1. The number of benzene rings is 2. The van der Waals surface area contributed by atoms with Crippen molar-refractivity contribution in [2.24, 2.45) is 0 Å². The highest BCUT2D eigenvalue weighted by molar-refractivity contribution is 8.00. The van der Waals surface area contributed by atoms with Crippen molar-refractivity contribution in [3.05, 3.63) is 59.1 Å².